The smallest absolute Gasteiger partial charge is 0.246 e. The molecule has 3 aromatic rings. The Balaban J connectivity index is 1.74. The Morgan fingerprint density at radius 2 is 1.87 bits per heavy atom. The zero-order valence-electron chi connectivity index (χ0n) is 17.6. The van der Waals surface area contributed by atoms with Crippen molar-refractivity contribution in [2.75, 3.05) is 7.11 Å². The molecule has 0 fully saturated rings. The second-order valence-electron chi connectivity index (χ2n) is 7.50. The van der Waals surface area contributed by atoms with E-state index >= 15 is 0 Å². The summed E-state index contributed by atoms with van der Waals surface area (Å²) >= 11 is 0. The highest BCUT2D eigenvalue weighted by Gasteiger charge is 2.35. The van der Waals surface area contributed by atoms with Gasteiger partial charge in [0, 0.05) is 30.3 Å². The van der Waals surface area contributed by atoms with Crippen LogP contribution in [0.25, 0.3) is 11.0 Å². The Kier molecular flexibility index (Phi) is 5.74. The number of methoxy groups -OCH3 is 1. The van der Waals surface area contributed by atoms with Gasteiger partial charge in [-0.15, -0.1) is 0 Å². The maximum absolute atomic E-state index is 13.3. The van der Waals surface area contributed by atoms with Crippen LogP contribution in [-0.4, -0.2) is 33.7 Å². The average Bonchev–Trinajstić information content (AvgIpc) is 3.25. The molecule has 30 heavy (non-hydrogen) atoms. The lowest BCUT2D eigenvalue weighted by molar-refractivity contribution is -0.137. The van der Waals surface area contributed by atoms with Crippen molar-refractivity contribution in [2.24, 2.45) is 11.0 Å². The Morgan fingerprint density at radius 1 is 1.10 bits per heavy atom. The molecule has 0 bridgehead atoms. The van der Waals surface area contributed by atoms with Gasteiger partial charge in [0.05, 0.1) is 29.9 Å². The van der Waals surface area contributed by atoms with E-state index in [2.05, 4.69) is 23.8 Å². The topological polar surface area (TPSA) is 67.7 Å². The molecule has 1 atom stereocenters. The number of amides is 1. The molecule has 0 radical (unpaired) electrons. The van der Waals surface area contributed by atoms with Crippen molar-refractivity contribution in [1.82, 2.24) is 15.0 Å². The van der Waals surface area contributed by atoms with E-state index in [1.54, 1.807) is 24.5 Å². The van der Waals surface area contributed by atoms with Gasteiger partial charge in [0.2, 0.25) is 5.91 Å². The van der Waals surface area contributed by atoms with Crippen LogP contribution in [-0.2, 0) is 4.79 Å². The normalized spacial score (nSPS) is 16.2. The van der Waals surface area contributed by atoms with E-state index in [0.29, 0.717) is 6.42 Å². The number of hydrazone groups is 1. The molecule has 0 saturated heterocycles. The number of nitrogens with zero attached hydrogens (tertiary/aromatic N) is 4. The fraction of sp³-hybridized carbons (Fsp3) is 0.333. The molecule has 4 rings (SSSR count). The van der Waals surface area contributed by atoms with Crippen molar-refractivity contribution >= 4 is 22.7 Å². The fourth-order valence-electron chi connectivity index (χ4n) is 3.96. The van der Waals surface area contributed by atoms with E-state index in [4.69, 9.17) is 9.84 Å². The number of rotatable bonds is 6. The zero-order chi connectivity index (χ0) is 21.1. The molecule has 2 aromatic carbocycles. The van der Waals surface area contributed by atoms with Crippen molar-refractivity contribution in [3.05, 3.63) is 66.0 Å². The highest BCUT2D eigenvalue weighted by atomic mass is 16.5. The molecule has 0 saturated carbocycles. The number of fused-ring (bicyclic) bond motifs is 1. The fourth-order valence-corrected chi connectivity index (χ4v) is 3.96. The molecule has 6 heteroatoms. The van der Waals surface area contributed by atoms with E-state index in [1.165, 1.54) is 0 Å². The van der Waals surface area contributed by atoms with Crippen LogP contribution in [0.5, 0.6) is 5.75 Å². The van der Waals surface area contributed by atoms with Gasteiger partial charge in [-0.1, -0.05) is 32.0 Å². The van der Waals surface area contributed by atoms with Gasteiger partial charge in [0.1, 0.15) is 5.75 Å². The third kappa shape index (κ3) is 3.77. The molecule has 1 aliphatic rings. The Hall–Kier alpha value is -3.28. The molecule has 154 valence electrons. The van der Waals surface area contributed by atoms with Crippen LogP contribution in [0.1, 0.15) is 50.3 Å². The van der Waals surface area contributed by atoms with Crippen molar-refractivity contribution in [3.63, 3.8) is 0 Å². The molecule has 2 heterocycles. The summed E-state index contributed by atoms with van der Waals surface area (Å²) in [5.74, 6) is 0.806. The quantitative estimate of drug-likeness (QED) is 0.597. The Morgan fingerprint density at radius 3 is 2.60 bits per heavy atom. The first-order valence-electron chi connectivity index (χ1n) is 10.4. The number of hydrogen-bond acceptors (Lipinski definition) is 5. The molecule has 0 spiro atoms. The second-order valence-corrected chi connectivity index (χ2v) is 7.50. The number of aromatic nitrogens is 2. The average molecular weight is 402 g/mol. The highest BCUT2D eigenvalue weighted by molar-refractivity contribution is 6.03. The molecule has 6 nitrogen and oxygen atoms in total. The van der Waals surface area contributed by atoms with Gasteiger partial charge in [-0.2, -0.15) is 5.10 Å². The van der Waals surface area contributed by atoms with Gasteiger partial charge in [-0.3, -0.25) is 14.8 Å². The zero-order valence-corrected chi connectivity index (χ0v) is 17.6. The Labute approximate surface area is 176 Å². The number of hydrogen-bond donors (Lipinski definition) is 0. The molecular formula is C24H26N4O2. The lowest BCUT2D eigenvalue weighted by atomic mass is 9.96. The molecule has 0 N–H and O–H groups in total. The standard InChI is InChI=1S/C24H26N4O2/c1-4-16(5-2)24(29)28-23(18-9-10-20-22(14-18)26-12-11-25-20)15-21(27-28)17-7-6-8-19(13-17)30-3/h6-14,16,23H,4-5,15H2,1-3H3/t23-/m0/s1. The molecule has 0 aliphatic carbocycles. The van der Waals surface area contributed by atoms with Crippen LogP contribution < -0.4 is 4.74 Å². The summed E-state index contributed by atoms with van der Waals surface area (Å²) in [6.45, 7) is 4.10. The summed E-state index contributed by atoms with van der Waals surface area (Å²) in [4.78, 5) is 22.1. The van der Waals surface area contributed by atoms with E-state index in [-0.39, 0.29) is 17.9 Å². The van der Waals surface area contributed by atoms with Crippen molar-refractivity contribution in [3.8, 4) is 5.75 Å². The molecule has 1 aliphatic heterocycles. The van der Waals surface area contributed by atoms with Gasteiger partial charge >= 0.3 is 0 Å². The predicted molar refractivity (Wildman–Crippen MR) is 117 cm³/mol. The molecule has 1 amide bonds. The number of carbonyl (C=O) groups is 1. The maximum atomic E-state index is 13.3. The number of carbonyl (C=O) groups excluding carboxylic acids is 1. The second kappa shape index (κ2) is 8.61. The number of ether oxygens (including phenoxy) is 1. The monoisotopic (exact) mass is 402 g/mol. The summed E-state index contributed by atoms with van der Waals surface area (Å²) in [6, 6.07) is 13.7. The number of benzene rings is 2. The van der Waals surface area contributed by atoms with Crippen molar-refractivity contribution < 1.29 is 9.53 Å². The first kappa shape index (κ1) is 20.0. The summed E-state index contributed by atoms with van der Waals surface area (Å²) < 4.78 is 5.37. The summed E-state index contributed by atoms with van der Waals surface area (Å²) in [7, 11) is 1.65. The van der Waals surface area contributed by atoms with Crippen molar-refractivity contribution in [2.45, 2.75) is 39.2 Å². The van der Waals surface area contributed by atoms with E-state index in [1.807, 2.05) is 42.5 Å². The van der Waals surface area contributed by atoms with Crippen LogP contribution in [0.3, 0.4) is 0 Å². The summed E-state index contributed by atoms with van der Waals surface area (Å²) in [5, 5.41) is 6.48. The van der Waals surface area contributed by atoms with E-state index in [0.717, 1.165) is 46.5 Å². The minimum Gasteiger partial charge on any atom is -0.497 e. The predicted octanol–water partition coefficient (Wildman–Crippen LogP) is 4.75. The largest absolute Gasteiger partial charge is 0.497 e. The van der Waals surface area contributed by atoms with E-state index < -0.39 is 0 Å². The van der Waals surface area contributed by atoms with Gasteiger partial charge in [-0.25, -0.2) is 5.01 Å². The van der Waals surface area contributed by atoms with Gasteiger partial charge in [-0.05, 0) is 42.7 Å². The maximum Gasteiger partial charge on any atom is 0.246 e. The van der Waals surface area contributed by atoms with E-state index in [9.17, 15) is 4.79 Å². The van der Waals surface area contributed by atoms with Crippen molar-refractivity contribution in [1.29, 1.82) is 0 Å². The third-order valence-electron chi connectivity index (χ3n) is 5.75. The van der Waals surface area contributed by atoms with Crippen LogP contribution in [0.2, 0.25) is 0 Å². The lowest BCUT2D eigenvalue weighted by Gasteiger charge is -2.25. The molecule has 0 unspecified atom stereocenters. The minimum absolute atomic E-state index is 0.0406. The first-order chi connectivity index (χ1) is 14.6. The van der Waals surface area contributed by atoms with Gasteiger partial charge < -0.3 is 4.74 Å². The molecule has 1 aromatic heterocycles. The van der Waals surface area contributed by atoms with Gasteiger partial charge in [0.25, 0.3) is 0 Å². The minimum atomic E-state index is -0.161. The molecular weight excluding hydrogens is 376 g/mol. The SMILES string of the molecule is CCC(CC)C(=O)N1N=C(c2cccc(OC)c2)C[C@H]1c1ccc2nccnc2c1. The summed E-state index contributed by atoms with van der Waals surface area (Å²) in [6.07, 6.45) is 5.61. The van der Waals surface area contributed by atoms with Crippen LogP contribution in [0.15, 0.2) is 60.0 Å². The third-order valence-corrected chi connectivity index (χ3v) is 5.75. The highest BCUT2D eigenvalue weighted by Crippen LogP contribution is 2.36. The Bertz CT molecular complexity index is 1090. The van der Waals surface area contributed by atoms with Crippen LogP contribution >= 0.6 is 0 Å². The van der Waals surface area contributed by atoms with Gasteiger partial charge in [0.15, 0.2) is 0 Å². The van der Waals surface area contributed by atoms with Crippen LogP contribution in [0, 0.1) is 5.92 Å². The lowest BCUT2D eigenvalue weighted by Crippen LogP contribution is -2.32. The first-order valence-corrected chi connectivity index (χ1v) is 10.4. The summed E-state index contributed by atoms with van der Waals surface area (Å²) in [5.41, 5.74) is 4.53. The van der Waals surface area contributed by atoms with Crippen LogP contribution in [0.4, 0.5) is 0 Å².